The fourth-order valence-corrected chi connectivity index (χ4v) is 2.73. The van der Waals surface area contributed by atoms with Gasteiger partial charge in [-0.05, 0) is 51.8 Å². The van der Waals surface area contributed by atoms with Crippen molar-refractivity contribution in [1.29, 1.82) is 0 Å². The van der Waals surface area contributed by atoms with Gasteiger partial charge in [0, 0.05) is 32.0 Å². The molecule has 4 heteroatoms. The van der Waals surface area contributed by atoms with Crippen LogP contribution >= 0.6 is 43.6 Å². The summed E-state index contributed by atoms with van der Waals surface area (Å²) in [5.74, 6) is 0.939. The van der Waals surface area contributed by atoms with E-state index in [4.69, 9.17) is 0 Å². The van der Waals surface area contributed by atoms with Crippen molar-refractivity contribution in [2.75, 3.05) is 0 Å². The first kappa shape index (κ1) is 12.1. The molecule has 0 saturated heterocycles. The summed E-state index contributed by atoms with van der Waals surface area (Å²) in [6.07, 6.45) is 3.70. The molecule has 1 aromatic heterocycles. The molecule has 0 fully saturated rings. The van der Waals surface area contributed by atoms with E-state index in [1.54, 1.807) is 6.20 Å². The van der Waals surface area contributed by atoms with E-state index in [0.29, 0.717) is 0 Å². The lowest BCUT2D eigenvalue weighted by Crippen LogP contribution is -1.82. The lowest BCUT2D eigenvalue weighted by molar-refractivity contribution is 1.23. The highest BCUT2D eigenvalue weighted by Crippen LogP contribution is 2.24. The molecule has 0 saturated carbocycles. The van der Waals surface area contributed by atoms with E-state index >= 15 is 0 Å². The van der Waals surface area contributed by atoms with Crippen LogP contribution in [0.3, 0.4) is 0 Å². The van der Waals surface area contributed by atoms with Crippen LogP contribution in [0.25, 0.3) is 0 Å². The van der Waals surface area contributed by atoms with E-state index in [0.717, 1.165) is 14.7 Å². The fraction of sp³-hybridized carbons (Fsp3) is 0.0833. The number of rotatable bonds is 3. The average Bonchev–Trinajstić information content (AvgIpc) is 2.28. The molecule has 1 aromatic carbocycles. The molecule has 1 heterocycles. The Balaban J connectivity index is 1.99. The van der Waals surface area contributed by atoms with Crippen LogP contribution in [-0.2, 0) is 5.75 Å². The molecule has 1 nitrogen and oxygen atoms in total. The summed E-state index contributed by atoms with van der Waals surface area (Å²) in [6.45, 7) is 0. The lowest BCUT2D eigenvalue weighted by atomic mass is 10.3. The third-order valence-electron chi connectivity index (χ3n) is 1.98. The van der Waals surface area contributed by atoms with E-state index in [9.17, 15) is 0 Å². The van der Waals surface area contributed by atoms with Crippen molar-refractivity contribution in [2.24, 2.45) is 0 Å². The van der Waals surface area contributed by atoms with Gasteiger partial charge in [0.05, 0.1) is 0 Å². The van der Waals surface area contributed by atoms with Crippen molar-refractivity contribution < 1.29 is 0 Å². The topological polar surface area (TPSA) is 12.9 Å². The van der Waals surface area contributed by atoms with Crippen LogP contribution in [-0.4, -0.2) is 4.98 Å². The van der Waals surface area contributed by atoms with E-state index in [-0.39, 0.29) is 0 Å². The summed E-state index contributed by atoms with van der Waals surface area (Å²) < 4.78 is 2.14. The van der Waals surface area contributed by atoms with Gasteiger partial charge in [-0.25, -0.2) is 0 Å². The molecule has 0 aliphatic heterocycles. The highest BCUT2D eigenvalue weighted by Gasteiger charge is 1.97. The van der Waals surface area contributed by atoms with Crippen molar-refractivity contribution in [3.05, 3.63) is 57.2 Å². The number of hydrogen-bond donors (Lipinski definition) is 0. The standard InChI is InChI=1S/C12H9Br2NS/c13-10-1-3-12(4-2-10)16-8-9-5-11(14)7-15-6-9/h1-7H,8H2. The highest BCUT2D eigenvalue weighted by molar-refractivity contribution is 9.10. The largest absolute Gasteiger partial charge is 0.263 e. The van der Waals surface area contributed by atoms with Crippen LogP contribution in [0.5, 0.6) is 0 Å². The molecule has 0 aliphatic rings. The summed E-state index contributed by atoms with van der Waals surface area (Å²) in [7, 11) is 0. The maximum absolute atomic E-state index is 4.14. The van der Waals surface area contributed by atoms with Crippen molar-refractivity contribution in [2.45, 2.75) is 10.6 Å². The molecule has 82 valence electrons. The zero-order chi connectivity index (χ0) is 11.4. The molecule has 2 rings (SSSR count). The minimum absolute atomic E-state index is 0.939. The smallest absolute Gasteiger partial charge is 0.0410 e. The number of benzene rings is 1. The second kappa shape index (κ2) is 5.84. The normalized spacial score (nSPS) is 10.4. The average molecular weight is 359 g/mol. The second-order valence-corrected chi connectivity index (χ2v) is 6.13. The number of aromatic nitrogens is 1. The van der Waals surface area contributed by atoms with E-state index in [1.165, 1.54) is 10.5 Å². The number of thioether (sulfide) groups is 1. The molecule has 0 atom stereocenters. The number of hydrogen-bond acceptors (Lipinski definition) is 2. The van der Waals surface area contributed by atoms with Gasteiger partial charge in [-0.2, -0.15) is 0 Å². The van der Waals surface area contributed by atoms with Gasteiger partial charge in [0.2, 0.25) is 0 Å². The Hall–Kier alpha value is -0.320. The quantitative estimate of drug-likeness (QED) is 0.724. The molecular formula is C12H9Br2NS. The predicted octanol–water partition coefficient (Wildman–Crippen LogP) is 4.90. The molecule has 0 amide bonds. The Kier molecular flexibility index (Phi) is 4.44. The molecule has 0 radical (unpaired) electrons. The van der Waals surface area contributed by atoms with E-state index in [1.807, 2.05) is 18.0 Å². The lowest BCUT2D eigenvalue weighted by Gasteiger charge is -2.02. The Morgan fingerprint density at radius 1 is 1.00 bits per heavy atom. The monoisotopic (exact) mass is 357 g/mol. The predicted molar refractivity (Wildman–Crippen MR) is 75.6 cm³/mol. The van der Waals surface area contributed by atoms with Crippen LogP contribution in [0, 0.1) is 0 Å². The van der Waals surface area contributed by atoms with Crippen molar-refractivity contribution in [1.82, 2.24) is 4.98 Å². The minimum Gasteiger partial charge on any atom is -0.263 e. The number of nitrogens with zero attached hydrogens (tertiary/aromatic N) is 1. The Labute approximate surface area is 116 Å². The van der Waals surface area contributed by atoms with Crippen LogP contribution < -0.4 is 0 Å². The zero-order valence-electron chi connectivity index (χ0n) is 8.36. The van der Waals surface area contributed by atoms with Crippen LogP contribution in [0.2, 0.25) is 0 Å². The zero-order valence-corrected chi connectivity index (χ0v) is 12.3. The Morgan fingerprint density at radius 2 is 1.75 bits per heavy atom. The summed E-state index contributed by atoms with van der Waals surface area (Å²) >= 11 is 8.65. The van der Waals surface area contributed by atoms with Crippen LogP contribution in [0.1, 0.15) is 5.56 Å². The van der Waals surface area contributed by atoms with Gasteiger partial charge in [0.1, 0.15) is 0 Å². The fourth-order valence-electron chi connectivity index (χ4n) is 1.23. The summed E-state index contributed by atoms with van der Waals surface area (Å²) in [5, 5.41) is 0. The third kappa shape index (κ3) is 3.61. The van der Waals surface area contributed by atoms with Gasteiger partial charge < -0.3 is 0 Å². The molecule has 0 aliphatic carbocycles. The van der Waals surface area contributed by atoms with Gasteiger partial charge in [-0.1, -0.05) is 15.9 Å². The first-order valence-corrected chi connectivity index (χ1v) is 7.29. The first-order valence-electron chi connectivity index (χ1n) is 4.72. The molecule has 0 spiro atoms. The van der Waals surface area contributed by atoms with Crippen molar-refractivity contribution in [3.8, 4) is 0 Å². The van der Waals surface area contributed by atoms with Gasteiger partial charge >= 0.3 is 0 Å². The second-order valence-electron chi connectivity index (χ2n) is 3.25. The minimum atomic E-state index is 0.939. The molecule has 0 unspecified atom stereocenters. The molecule has 16 heavy (non-hydrogen) atoms. The maximum Gasteiger partial charge on any atom is 0.0410 e. The Bertz CT molecular complexity index is 471. The van der Waals surface area contributed by atoms with Gasteiger partial charge in [0.15, 0.2) is 0 Å². The SMILES string of the molecule is Brc1ccc(SCc2cncc(Br)c2)cc1. The van der Waals surface area contributed by atoms with Gasteiger partial charge in [0.25, 0.3) is 0 Å². The van der Waals surface area contributed by atoms with Crippen molar-refractivity contribution in [3.63, 3.8) is 0 Å². The number of pyridine rings is 1. The highest BCUT2D eigenvalue weighted by atomic mass is 79.9. The van der Waals surface area contributed by atoms with Gasteiger partial charge in [-0.15, -0.1) is 11.8 Å². The summed E-state index contributed by atoms with van der Waals surface area (Å²) in [6, 6.07) is 10.4. The molecule has 0 N–H and O–H groups in total. The van der Waals surface area contributed by atoms with Gasteiger partial charge in [-0.3, -0.25) is 4.98 Å². The van der Waals surface area contributed by atoms with Crippen LogP contribution in [0.4, 0.5) is 0 Å². The third-order valence-corrected chi connectivity index (χ3v) is 4.03. The number of halogens is 2. The molecule has 2 aromatic rings. The maximum atomic E-state index is 4.14. The van der Waals surface area contributed by atoms with E-state index in [2.05, 4.69) is 67.2 Å². The summed E-state index contributed by atoms with van der Waals surface area (Å²) in [5.41, 5.74) is 1.22. The van der Waals surface area contributed by atoms with Crippen LogP contribution in [0.15, 0.2) is 56.6 Å². The van der Waals surface area contributed by atoms with E-state index < -0.39 is 0 Å². The summed E-state index contributed by atoms with van der Waals surface area (Å²) in [4.78, 5) is 5.41. The first-order chi connectivity index (χ1) is 7.74. The molecular weight excluding hydrogens is 350 g/mol. The molecule has 0 bridgehead atoms. The Morgan fingerprint density at radius 3 is 2.44 bits per heavy atom. The van der Waals surface area contributed by atoms with Crippen molar-refractivity contribution >= 4 is 43.6 Å².